The first-order chi connectivity index (χ1) is 17.9. The molecule has 0 unspecified atom stereocenters. The molecule has 0 saturated carbocycles. The van der Waals surface area contributed by atoms with Crippen LogP contribution in [-0.2, 0) is 13.1 Å². The molecule has 3 heterocycles. The van der Waals surface area contributed by atoms with Gasteiger partial charge < -0.3 is 31.9 Å². The van der Waals surface area contributed by atoms with Crippen molar-refractivity contribution in [3.63, 3.8) is 0 Å². The molecule has 0 spiro atoms. The van der Waals surface area contributed by atoms with E-state index in [-0.39, 0.29) is 0 Å². The average molecular weight is 505 g/mol. The Labute approximate surface area is 219 Å². The molecule has 2 aliphatic heterocycles. The maximum Gasteiger partial charge on any atom is 0.0727 e. The molecule has 1 aromatic heterocycles. The first-order valence-corrected chi connectivity index (χ1v) is 14.4. The van der Waals surface area contributed by atoms with Crippen LogP contribution < -0.4 is 31.9 Å². The minimum absolute atomic E-state index is 0.866. The quantitative estimate of drug-likeness (QED) is 0.313. The molecule has 206 valence electrons. The molecule has 2 fully saturated rings. The lowest BCUT2D eigenvalue weighted by Crippen LogP contribution is -2.37. The topological polar surface area (TPSA) is 104 Å². The number of hydrogen-bond acceptors (Lipinski definition) is 10. The van der Waals surface area contributed by atoms with Crippen molar-refractivity contribution < 1.29 is 0 Å². The van der Waals surface area contributed by atoms with Gasteiger partial charge in [0, 0.05) is 65.4 Å². The van der Waals surface area contributed by atoms with Crippen LogP contribution in [0.5, 0.6) is 0 Å². The highest BCUT2D eigenvalue weighted by Crippen LogP contribution is 2.05. The molecule has 1 aromatic rings. The van der Waals surface area contributed by atoms with Crippen LogP contribution in [0.1, 0.15) is 37.1 Å². The molecule has 6 N–H and O–H groups in total. The van der Waals surface area contributed by atoms with E-state index in [4.69, 9.17) is 9.97 Å². The summed E-state index contributed by atoms with van der Waals surface area (Å²) in [5.41, 5.74) is 2.13. The summed E-state index contributed by atoms with van der Waals surface area (Å²) in [6, 6.07) is 0. The predicted octanol–water partition coefficient (Wildman–Crippen LogP) is -0.794. The van der Waals surface area contributed by atoms with Gasteiger partial charge in [0.1, 0.15) is 0 Å². The molecule has 0 aliphatic carbocycles. The molecule has 0 amide bonds. The number of aromatic nitrogens is 2. The van der Waals surface area contributed by atoms with Gasteiger partial charge in [-0.05, 0) is 78.0 Å². The van der Waals surface area contributed by atoms with Gasteiger partial charge in [0.05, 0.1) is 23.8 Å². The van der Waals surface area contributed by atoms with Crippen molar-refractivity contribution in [2.24, 2.45) is 0 Å². The minimum Gasteiger partial charge on any atom is -0.315 e. The fraction of sp³-hybridized carbons (Fsp3) is 0.846. The Bertz CT molecular complexity index is 561. The normalized spacial score (nSPS) is 22.9. The summed E-state index contributed by atoms with van der Waals surface area (Å²) in [5.74, 6) is 0. The Morgan fingerprint density at radius 3 is 1.19 bits per heavy atom. The lowest BCUT2D eigenvalue weighted by Gasteiger charge is -2.24. The molecule has 0 radical (unpaired) electrons. The number of rotatable bonds is 4. The average Bonchev–Trinajstić information content (AvgIpc) is 2.89. The van der Waals surface area contributed by atoms with Gasteiger partial charge in [-0.3, -0.25) is 19.8 Å². The van der Waals surface area contributed by atoms with Gasteiger partial charge in [0.25, 0.3) is 0 Å². The number of nitrogens with one attached hydrogen (secondary N) is 6. The molecule has 2 aliphatic rings. The fourth-order valence-corrected chi connectivity index (χ4v) is 4.65. The maximum absolute atomic E-state index is 4.81. The van der Waals surface area contributed by atoms with Crippen LogP contribution in [-0.4, -0.2) is 124 Å². The summed E-state index contributed by atoms with van der Waals surface area (Å²) in [5, 5.41) is 21.3. The van der Waals surface area contributed by atoms with E-state index in [9.17, 15) is 0 Å². The molecule has 0 bridgehead atoms. The van der Waals surface area contributed by atoms with Gasteiger partial charge in [0.2, 0.25) is 0 Å². The zero-order valence-electron chi connectivity index (χ0n) is 22.5. The Hall–Kier alpha value is -1.24. The lowest BCUT2D eigenvalue weighted by atomic mass is 10.3. The molecular weight excluding hydrogens is 452 g/mol. The summed E-state index contributed by atoms with van der Waals surface area (Å²) >= 11 is 0. The van der Waals surface area contributed by atoms with E-state index in [0.717, 1.165) is 142 Å². The molecule has 3 rings (SSSR count). The van der Waals surface area contributed by atoms with Crippen molar-refractivity contribution in [1.29, 1.82) is 0 Å². The number of nitrogens with zero attached hydrogens (tertiary/aromatic N) is 4. The molecular formula is C26H52N10. The van der Waals surface area contributed by atoms with Crippen LogP contribution in [0.15, 0.2) is 12.4 Å². The molecule has 2 saturated heterocycles. The van der Waals surface area contributed by atoms with E-state index < -0.39 is 0 Å². The van der Waals surface area contributed by atoms with Crippen LogP contribution in [0.4, 0.5) is 0 Å². The highest BCUT2D eigenvalue weighted by Gasteiger charge is 2.11. The summed E-state index contributed by atoms with van der Waals surface area (Å²) in [6.07, 6.45) is 8.64. The van der Waals surface area contributed by atoms with E-state index in [0.29, 0.717) is 0 Å². The SMILES string of the molecule is c1nc(CN2CCCNCCNCCCNCC2)cnc1CN1CCCNCCNCCCNCC1. The van der Waals surface area contributed by atoms with Crippen molar-refractivity contribution in [2.75, 3.05) is 105 Å². The van der Waals surface area contributed by atoms with Gasteiger partial charge in [-0.2, -0.15) is 0 Å². The first kappa shape index (κ1) is 29.3. The summed E-state index contributed by atoms with van der Waals surface area (Å²) in [7, 11) is 0. The van der Waals surface area contributed by atoms with Crippen LogP contribution in [0.2, 0.25) is 0 Å². The van der Waals surface area contributed by atoms with E-state index in [1.807, 2.05) is 12.4 Å². The highest BCUT2D eigenvalue weighted by molar-refractivity contribution is 5.02. The summed E-state index contributed by atoms with van der Waals surface area (Å²) < 4.78 is 0. The van der Waals surface area contributed by atoms with Gasteiger partial charge in [-0.15, -0.1) is 0 Å². The Balaban J connectivity index is 1.45. The maximum atomic E-state index is 4.81. The second-order valence-electron chi connectivity index (χ2n) is 9.97. The Morgan fingerprint density at radius 2 is 0.806 bits per heavy atom. The molecule has 0 aromatic carbocycles. The van der Waals surface area contributed by atoms with Crippen molar-refractivity contribution >= 4 is 0 Å². The lowest BCUT2D eigenvalue weighted by molar-refractivity contribution is 0.253. The van der Waals surface area contributed by atoms with Crippen LogP contribution in [0, 0.1) is 0 Å². The van der Waals surface area contributed by atoms with Crippen molar-refractivity contribution in [3.05, 3.63) is 23.8 Å². The molecule has 10 heteroatoms. The van der Waals surface area contributed by atoms with Gasteiger partial charge in [0.15, 0.2) is 0 Å². The Morgan fingerprint density at radius 1 is 0.444 bits per heavy atom. The largest absolute Gasteiger partial charge is 0.315 e. The van der Waals surface area contributed by atoms with E-state index in [1.165, 1.54) is 12.8 Å². The third-order valence-corrected chi connectivity index (χ3v) is 6.77. The van der Waals surface area contributed by atoms with Crippen molar-refractivity contribution in [1.82, 2.24) is 51.7 Å². The first-order valence-electron chi connectivity index (χ1n) is 14.4. The van der Waals surface area contributed by atoms with Gasteiger partial charge >= 0.3 is 0 Å². The van der Waals surface area contributed by atoms with Crippen molar-refractivity contribution in [2.45, 2.75) is 38.8 Å². The van der Waals surface area contributed by atoms with E-state index in [1.54, 1.807) is 0 Å². The molecule has 10 nitrogen and oxygen atoms in total. The highest BCUT2D eigenvalue weighted by atomic mass is 15.2. The zero-order valence-corrected chi connectivity index (χ0v) is 22.5. The van der Waals surface area contributed by atoms with Crippen LogP contribution in [0.3, 0.4) is 0 Å². The van der Waals surface area contributed by atoms with Crippen LogP contribution >= 0.6 is 0 Å². The van der Waals surface area contributed by atoms with E-state index in [2.05, 4.69) is 41.7 Å². The van der Waals surface area contributed by atoms with Crippen molar-refractivity contribution in [3.8, 4) is 0 Å². The molecule has 0 atom stereocenters. The monoisotopic (exact) mass is 504 g/mol. The standard InChI is InChI=1S/C26H52N10/c1-5-27-11-13-29-9-3-17-35(19-15-31-7-1)23-25-21-34-26(22-33-25)24-36-18-4-10-30-14-12-28-6-2-8-32-16-20-36/h21-22,27-32H,1-20,23-24H2. The third kappa shape index (κ3) is 13.9. The smallest absolute Gasteiger partial charge is 0.0727 e. The minimum atomic E-state index is 0.866. The Kier molecular flexibility index (Phi) is 16.1. The van der Waals surface area contributed by atoms with E-state index >= 15 is 0 Å². The van der Waals surface area contributed by atoms with Gasteiger partial charge in [-0.1, -0.05) is 0 Å². The second kappa shape index (κ2) is 19.8. The third-order valence-electron chi connectivity index (χ3n) is 6.77. The van der Waals surface area contributed by atoms with Gasteiger partial charge in [-0.25, -0.2) is 0 Å². The summed E-state index contributed by atoms with van der Waals surface area (Å²) in [4.78, 5) is 14.6. The van der Waals surface area contributed by atoms with Crippen LogP contribution in [0.25, 0.3) is 0 Å². The zero-order chi connectivity index (χ0) is 24.9. The summed E-state index contributed by atoms with van der Waals surface area (Å²) in [6.45, 7) is 18.6. The predicted molar refractivity (Wildman–Crippen MR) is 148 cm³/mol. The fourth-order valence-electron chi connectivity index (χ4n) is 4.65. The number of hydrogen-bond donors (Lipinski definition) is 6. The molecule has 36 heavy (non-hydrogen) atoms. The second-order valence-corrected chi connectivity index (χ2v) is 9.97.